The summed E-state index contributed by atoms with van der Waals surface area (Å²) in [5.41, 5.74) is 1.62. The number of carbonyl (C=O) groups excluding carboxylic acids is 3. The minimum Gasteiger partial charge on any atom is -0.465 e. The number of esters is 2. The van der Waals surface area contributed by atoms with Crippen molar-refractivity contribution in [3.8, 4) is 0 Å². The van der Waals surface area contributed by atoms with Crippen molar-refractivity contribution in [2.75, 3.05) is 25.3 Å². The molecule has 2 heterocycles. The van der Waals surface area contributed by atoms with Crippen molar-refractivity contribution in [3.05, 3.63) is 59.2 Å². The molecule has 10 nitrogen and oxygen atoms in total. The van der Waals surface area contributed by atoms with E-state index in [9.17, 15) is 14.4 Å². The predicted octanol–water partition coefficient (Wildman–Crippen LogP) is 2.05. The molecule has 1 aromatic carbocycles. The van der Waals surface area contributed by atoms with Crippen LogP contribution in [0.5, 0.6) is 0 Å². The second-order valence-corrected chi connectivity index (χ2v) is 7.81. The van der Waals surface area contributed by atoms with Crippen LogP contribution < -0.4 is 5.32 Å². The Hall–Kier alpha value is -3.60. The van der Waals surface area contributed by atoms with Crippen molar-refractivity contribution in [1.29, 1.82) is 0 Å². The third-order valence-corrected chi connectivity index (χ3v) is 5.73. The van der Waals surface area contributed by atoms with Crippen molar-refractivity contribution < 1.29 is 23.9 Å². The monoisotopic (exact) mass is 457 g/mol. The standard InChI is InChI=1S/C21H23N5O5S/c1-25-7-5-6-16(25)11-17-23-24-21(26(17)2)32-12-18(27)22-15-9-13(19(28)30-3)8-14(10-15)20(29)31-4/h5-10H,11-12H2,1-4H3,(H,22,27). The van der Waals surface area contributed by atoms with Gasteiger partial charge in [0.1, 0.15) is 5.82 Å². The predicted molar refractivity (Wildman–Crippen MR) is 118 cm³/mol. The first kappa shape index (κ1) is 23.1. The zero-order valence-corrected chi connectivity index (χ0v) is 18.9. The number of benzene rings is 1. The molecule has 1 amide bonds. The second kappa shape index (κ2) is 10.1. The van der Waals surface area contributed by atoms with Gasteiger partial charge in [-0.2, -0.15) is 0 Å². The number of nitrogens with zero attached hydrogens (tertiary/aromatic N) is 4. The van der Waals surface area contributed by atoms with Crippen LogP contribution in [0.2, 0.25) is 0 Å². The number of hydrogen-bond acceptors (Lipinski definition) is 8. The van der Waals surface area contributed by atoms with Gasteiger partial charge in [-0.25, -0.2) is 9.59 Å². The van der Waals surface area contributed by atoms with Gasteiger partial charge in [-0.15, -0.1) is 10.2 Å². The summed E-state index contributed by atoms with van der Waals surface area (Å²) in [5.74, 6) is -0.759. The largest absolute Gasteiger partial charge is 0.465 e. The number of hydrogen-bond donors (Lipinski definition) is 1. The molecule has 168 valence electrons. The number of amides is 1. The van der Waals surface area contributed by atoms with E-state index in [0.29, 0.717) is 11.6 Å². The van der Waals surface area contributed by atoms with Crippen molar-refractivity contribution in [2.45, 2.75) is 11.6 Å². The number of rotatable bonds is 8. The molecule has 3 rings (SSSR count). The molecule has 3 aromatic rings. The normalized spacial score (nSPS) is 10.6. The lowest BCUT2D eigenvalue weighted by molar-refractivity contribution is -0.113. The van der Waals surface area contributed by atoms with Gasteiger partial charge in [0, 0.05) is 38.1 Å². The molecule has 0 aliphatic rings. The lowest BCUT2D eigenvalue weighted by Crippen LogP contribution is -2.16. The molecule has 0 spiro atoms. The van der Waals surface area contributed by atoms with E-state index in [0.717, 1.165) is 11.5 Å². The van der Waals surface area contributed by atoms with Crippen molar-refractivity contribution in [1.82, 2.24) is 19.3 Å². The number of anilines is 1. The van der Waals surface area contributed by atoms with E-state index in [-0.39, 0.29) is 28.5 Å². The van der Waals surface area contributed by atoms with Gasteiger partial charge in [-0.1, -0.05) is 11.8 Å². The molecule has 11 heteroatoms. The minimum absolute atomic E-state index is 0.0616. The Morgan fingerprint density at radius 3 is 2.25 bits per heavy atom. The highest BCUT2D eigenvalue weighted by Gasteiger charge is 2.16. The molecule has 2 aromatic heterocycles. The van der Waals surface area contributed by atoms with Gasteiger partial charge >= 0.3 is 11.9 Å². The summed E-state index contributed by atoms with van der Waals surface area (Å²) in [6, 6.07) is 8.19. The van der Waals surface area contributed by atoms with Gasteiger partial charge < -0.3 is 23.9 Å². The number of carbonyl (C=O) groups is 3. The van der Waals surface area contributed by atoms with Gasteiger partial charge in [0.05, 0.1) is 31.1 Å². The van der Waals surface area contributed by atoms with Crippen molar-refractivity contribution in [3.63, 3.8) is 0 Å². The molecule has 0 saturated heterocycles. The highest BCUT2D eigenvalue weighted by Crippen LogP contribution is 2.20. The average molecular weight is 458 g/mol. The number of nitrogens with one attached hydrogen (secondary N) is 1. The maximum absolute atomic E-state index is 12.5. The smallest absolute Gasteiger partial charge is 0.337 e. The molecule has 0 saturated carbocycles. The summed E-state index contributed by atoms with van der Waals surface area (Å²) in [4.78, 5) is 36.3. The summed E-state index contributed by atoms with van der Waals surface area (Å²) in [6.45, 7) is 0. The van der Waals surface area contributed by atoms with Gasteiger partial charge in [-0.05, 0) is 30.3 Å². The van der Waals surface area contributed by atoms with E-state index >= 15 is 0 Å². The highest BCUT2D eigenvalue weighted by molar-refractivity contribution is 7.99. The Labute approximate surface area is 188 Å². The third kappa shape index (κ3) is 5.35. The molecule has 0 atom stereocenters. The molecule has 0 unspecified atom stereocenters. The fraction of sp³-hybridized carbons (Fsp3) is 0.286. The Kier molecular flexibility index (Phi) is 7.31. The molecule has 0 aliphatic heterocycles. The number of thioether (sulfide) groups is 1. The number of aryl methyl sites for hydroxylation is 1. The molecule has 32 heavy (non-hydrogen) atoms. The average Bonchev–Trinajstić information content (AvgIpc) is 3.36. The first-order valence-electron chi connectivity index (χ1n) is 9.55. The Balaban J connectivity index is 1.67. The number of ether oxygens (including phenoxy) is 2. The topological polar surface area (TPSA) is 117 Å². The van der Waals surface area contributed by atoms with Crippen LogP contribution in [0.1, 0.15) is 32.2 Å². The molecule has 1 N–H and O–H groups in total. The Morgan fingerprint density at radius 1 is 1.03 bits per heavy atom. The van der Waals surface area contributed by atoms with E-state index in [1.54, 1.807) is 0 Å². The minimum atomic E-state index is -0.634. The molecule has 0 fully saturated rings. The van der Waals surface area contributed by atoms with E-state index in [1.807, 2.05) is 41.6 Å². The van der Waals surface area contributed by atoms with E-state index in [1.165, 1.54) is 44.2 Å². The summed E-state index contributed by atoms with van der Waals surface area (Å²) in [6.07, 6.45) is 2.59. The van der Waals surface area contributed by atoms with Crippen molar-refractivity contribution >= 4 is 35.3 Å². The molecule has 0 radical (unpaired) electrons. The zero-order valence-electron chi connectivity index (χ0n) is 18.1. The Bertz CT molecular complexity index is 1120. The van der Waals surface area contributed by atoms with Crippen molar-refractivity contribution in [2.24, 2.45) is 14.1 Å². The highest BCUT2D eigenvalue weighted by atomic mass is 32.2. The van der Waals surface area contributed by atoms with Gasteiger partial charge in [0.25, 0.3) is 0 Å². The van der Waals surface area contributed by atoms with Crippen LogP contribution in [0, 0.1) is 0 Å². The second-order valence-electron chi connectivity index (χ2n) is 6.86. The van der Waals surface area contributed by atoms with E-state index in [2.05, 4.69) is 15.5 Å². The lowest BCUT2D eigenvalue weighted by atomic mass is 10.1. The number of methoxy groups -OCH3 is 2. The van der Waals surface area contributed by atoms with Crippen LogP contribution in [-0.4, -0.2) is 57.1 Å². The summed E-state index contributed by atoms with van der Waals surface area (Å²) >= 11 is 1.23. The van der Waals surface area contributed by atoms with Crippen LogP contribution >= 0.6 is 11.8 Å². The SMILES string of the molecule is COC(=O)c1cc(NC(=O)CSc2nnc(Cc3cccn3C)n2C)cc(C(=O)OC)c1. The van der Waals surface area contributed by atoms with Crippen LogP contribution in [-0.2, 0) is 34.8 Å². The molecular formula is C21H23N5O5S. The van der Waals surface area contributed by atoms with Crippen LogP contribution in [0.25, 0.3) is 0 Å². The fourth-order valence-corrected chi connectivity index (χ4v) is 3.70. The summed E-state index contributed by atoms with van der Waals surface area (Å²) < 4.78 is 13.3. The van der Waals surface area contributed by atoms with E-state index < -0.39 is 11.9 Å². The quantitative estimate of drug-likeness (QED) is 0.403. The first-order valence-corrected chi connectivity index (χ1v) is 10.5. The van der Waals surface area contributed by atoms with Gasteiger partial charge in [0.2, 0.25) is 5.91 Å². The molecular weight excluding hydrogens is 434 g/mol. The maximum Gasteiger partial charge on any atom is 0.337 e. The lowest BCUT2D eigenvalue weighted by Gasteiger charge is -2.09. The van der Waals surface area contributed by atoms with Crippen LogP contribution in [0.15, 0.2) is 41.7 Å². The number of aromatic nitrogens is 4. The summed E-state index contributed by atoms with van der Waals surface area (Å²) in [5, 5.41) is 11.7. The van der Waals surface area contributed by atoms with Crippen LogP contribution in [0.4, 0.5) is 5.69 Å². The molecule has 0 aliphatic carbocycles. The van der Waals surface area contributed by atoms with E-state index in [4.69, 9.17) is 9.47 Å². The van der Waals surface area contributed by atoms with Gasteiger partial charge in [0.15, 0.2) is 5.16 Å². The zero-order chi connectivity index (χ0) is 23.3. The molecule has 0 bridgehead atoms. The van der Waals surface area contributed by atoms with Gasteiger partial charge in [-0.3, -0.25) is 4.79 Å². The summed E-state index contributed by atoms with van der Waals surface area (Å²) in [7, 11) is 6.28. The third-order valence-electron chi connectivity index (χ3n) is 4.71. The van der Waals surface area contributed by atoms with Crippen LogP contribution in [0.3, 0.4) is 0 Å². The Morgan fingerprint density at radius 2 is 1.69 bits per heavy atom. The first-order chi connectivity index (χ1) is 15.3. The fourth-order valence-electron chi connectivity index (χ4n) is 2.97. The maximum atomic E-state index is 12.5.